The Balaban J connectivity index is 0. The molecule has 1 unspecified atom stereocenters. The first-order valence-electron chi connectivity index (χ1n) is 6.91. The Bertz CT molecular complexity index is 388. The molecule has 0 fully saturated rings. The van der Waals surface area contributed by atoms with Crippen LogP contribution in [0.3, 0.4) is 0 Å². The average molecular weight is 309 g/mol. The van der Waals surface area contributed by atoms with Crippen LogP contribution in [0.25, 0.3) is 0 Å². The summed E-state index contributed by atoms with van der Waals surface area (Å²) in [5.74, 6) is -2.38. The predicted octanol–water partition coefficient (Wildman–Crippen LogP) is 4.49. The van der Waals surface area contributed by atoms with Gasteiger partial charge in [0.2, 0.25) is 0 Å². The molecular formula is C15H23F4NO. The largest absolute Gasteiger partial charge is 0.471 e. The molecule has 0 bridgehead atoms. The molecule has 122 valence electrons. The Morgan fingerprint density at radius 2 is 1.52 bits per heavy atom. The molecule has 0 heterocycles. The van der Waals surface area contributed by atoms with E-state index in [0.29, 0.717) is 5.56 Å². The van der Waals surface area contributed by atoms with E-state index < -0.39 is 23.9 Å². The number of carbonyl (C=O) groups excluding carboxylic acids is 1. The summed E-state index contributed by atoms with van der Waals surface area (Å²) in [6.45, 7) is 9.45. The van der Waals surface area contributed by atoms with Crippen molar-refractivity contribution in [3.8, 4) is 0 Å². The summed E-state index contributed by atoms with van der Waals surface area (Å²) in [5, 5.41) is 1.83. The van der Waals surface area contributed by atoms with Gasteiger partial charge in [-0.15, -0.1) is 0 Å². The van der Waals surface area contributed by atoms with Gasteiger partial charge in [-0.3, -0.25) is 4.79 Å². The SMILES string of the molecule is CC.CC.CC(Cc1ccc(F)cc1)NC(=O)C(F)(F)F. The minimum atomic E-state index is -4.88. The van der Waals surface area contributed by atoms with Crippen molar-refractivity contribution in [2.45, 2.75) is 53.3 Å². The van der Waals surface area contributed by atoms with E-state index >= 15 is 0 Å². The van der Waals surface area contributed by atoms with Crippen LogP contribution in [-0.2, 0) is 11.2 Å². The third-order valence-corrected chi connectivity index (χ3v) is 2.09. The molecule has 0 aromatic heterocycles. The molecule has 1 rings (SSSR count). The Labute approximate surface area is 123 Å². The lowest BCUT2D eigenvalue weighted by molar-refractivity contribution is -0.174. The number of carbonyl (C=O) groups is 1. The van der Waals surface area contributed by atoms with E-state index in [-0.39, 0.29) is 6.42 Å². The van der Waals surface area contributed by atoms with Crippen LogP contribution < -0.4 is 5.32 Å². The zero-order valence-electron chi connectivity index (χ0n) is 13.0. The number of rotatable bonds is 3. The number of hydrogen-bond acceptors (Lipinski definition) is 1. The molecule has 1 amide bonds. The van der Waals surface area contributed by atoms with Gasteiger partial charge < -0.3 is 5.32 Å². The van der Waals surface area contributed by atoms with Crippen LogP contribution >= 0.6 is 0 Å². The minimum Gasteiger partial charge on any atom is -0.345 e. The monoisotopic (exact) mass is 309 g/mol. The van der Waals surface area contributed by atoms with Gasteiger partial charge in [0.1, 0.15) is 5.82 Å². The summed E-state index contributed by atoms with van der Waals surface area (Å²) in [4.78, 5) is 10.6. The Kier molecular flexibility index (Phi) is 11.5. The predicted molar refractivity (Wildman–Crippen MR) is 76.5 cm³/mol. The van der Waals surface area contributed by atoms with E-state index in [1.54, 1.807) is 0 Å². The number of benzene rings is 1. The molecule has 0 spiro atoms. The number of nitrogens with one attached hydrogen (secondary N) is 1. The van der Waals surface area contributed by atoms with E-state index in [9.17, 15) is 22.4 Å². The summed E-state index contributed by atoms with van der Waals surface area (Å²) in [7, 11) is 0. The molecule has 0 aliphatic heterocycles. The van der Waals surface area contributed by atoms with Crippen LogP contribution in [0.2, 0.25) is 0 Å². The van der Waals surface area contributed by atoms with E-state index in [0.717, 1.165) is 0 Å². The van der Waals surface area contributed by atoms with Crippen molar-refractivity contribution in [3.05, 3.63) is 35.6 Å². The molecule has 1 aromatic rings. The average Bonchev–Trinajstić information content (AvgIpc) is 2.44. The summed E-state index contributed by atoms with van der Waals surface area (Å²) in [6.07, 6.45) is -4.67. The Hall–Kier alpha value is -1.59. The highest BCUT2D eigenvalue weighted by Gasteiger charge is 2.39. The highest BCUT2D eigenvalue weighted by Crippen LogP contribution is 2.15. The van der Waals surface area contributed by atoms with Crippen molar-refractivity contribution in [2.75, 3.05) is 0 Å². The summed E-state index contributed by atoms with van der Waals surface area (Å²) in [6, 6.07) is 4.69. The summed E-state index contributed by atoms with van der Waals surface area (Å²) >= 11 is 0. The van der Waals surface area contributed by atoms with E-state index in [1.165, 1.54) is 31.2 Å². The lowest BCUT2D eigenvalue weighted by Gasteiger charge is -2.15. The van der Waals surface area contributed by atoms with Gasteiger partial charge in [0.25, 0.3) is 0 Å². The second kappa shape index (κ2) is 11.1. The molecule has 0 aliphatic carbocycles. The van der Waals surface area contributed by atoms with E-state index in [2.05, 4.69) is 0 Å². The second-order valence-electron chi connectivity index (χ2n) is 3.70. The molecule has 0 radical (unpaired) electrons. The Morgan fingerprint density at radius 1 is 1.10 bits per heavy atom. The molecule has 21 heavy (non-hydrogen) atoms. The summed E-state index contributed by atoms with van der Waals surface area (Å²) in [5.41, 5.74) is 0.654. The molecule has 1 aromatic carbocycles. The van der Waals surface area contributed by atoms with Crippen molar-refractivity contribution in [1.82, 2.24) is 5.32 Å². The molecule has 6 heteroatoms. The molecule has 1 N–H and O–H groups in total. The lowest BCUT2D eigenvalue weighted by atomic mass is 10.1. The molecule has 1 atom stereocenters. The van der Waals surface area contributed by atoms with Crippen molar-refractivity contribution in [1.29, 1.82) is 0 Å². The van der Waals surface area contributed by atoms with Crippen LogP contribution in [0.1, 0.15) is 40.2 Å². The van der Waals surface area contributed by atoms with Gasteiger partial charge in [-0.2, -0.15) is 13.2 Å². The smallest absolute Gasteiger partial charge is 0.345 e. The number of alkyl halides is 3. The first-order valence-corrected chi connectivity index (χ1v) is 6.91. The number of amides is 1. The van der Waals surface area contributed by atoms with Gasteiger partial charge in [-0.25, -0.2) is 4.39 Å². The maximum atomic E-state index is 12.6. The highest BCUT2D eigenvalue weighted by molar-refractivity contribution is 5.81. The number of halogens is 4. The normalized spacial score (nSPS) is 11.3. The van der Waals surface area contributed by atoms with Crippen LogP contribution in [0.5, 0.6) is 0 Å². The van der Waals surface area contributed by atoms with Gasteiger partial charge >= 0.3 is 12.1 Å². The van der Waals surface area contributed by atoms with Crippen molar-refractivity contribution < 1.29 is 22.4 Å². The van der Waals surface area contributed by atoms with Gasteiger partial charge in [0.15, 0.2) is 0 Å². The fourth-order valence-corrected chi connectivity index (χ4v) is 1.33. The Morgan fingerprint density at radius 3 is 1.90 bits per heavy atom. The third-order valence-electron chi connectivity index (χ3n) is 2.09. The zero-order valence-corrected chi connectivity index (χ0v) is 13.0. The molecule has 0 saturated heterocycles. The molecule has 0 aliphatic rings. The highest BCUT2D eigenvalue weighted by atomic mass is 19.4. The van der Waals surface area contributed by atoms with Crippen molar-refractivity contribution in [3.63, 3.8) is 0 Å². The maximum Gasteiger partial charge on any atom is 0.471 e. The van der Waals surface area contributed by atoms with Gasteiger partial charge in [-0.1, -0.05) is 39.8 Å². The fraction of sp³-hybridized carbons (Fsp3) is 0.533. The van der Waals surface area contributed by atoms with Crippen molar-refractivity contribution in [2.24, 2.45) is 0 Å². The molecule has 2 nitrogen and oxygen atoms in total. The maximum absolute atomic E-state index is 12.6. The first-order chi connectivity index (χ1) is 9.79. The fourth-order valence-electron chi connectivity index (χ4n) is 1.33. The van der Waals surface area contributed by atoms with Crippen LogP contribution in [0, 0.1) is 5.82 Å². The van der Waals surface area contributed by atoms with Gasteiger partial charge in [0, 0.05) is 6.04 Å². The van der Waals surface area contributed by atoms with Gasteiger partial charge in [-0.05, 0) is 31.0 Å². The quantitative estimate of drug-likeness (QED) is 0.819. The van der Waals surface area contributed by atoms with Crippen molar-refractivity contribution >= 4 is 5.91 Å². The van der Waals surface area contributed by atoms with Crippen LogP contribution in [0.15, 0.2) is 24.3 Å². The number of hydrogen-bond donors (Lipinski definition) is 1. The lowest BCUT2D eigenvalue weighted by Crippen LogP contribution is -2.42. The topological polar surface area (TPSA) is 29.1 Å². The van der Waals surface area contributed by atoms with E-state index in [1.807, 2.05) is 33.0 Å². The van der Waals surface area contributed by atoms with Crippen LogP contribution in [0.4, 0.5) is 17.6 Å². The van der Waals surface area contributed by atoms with E-state index in [4.69, 9.17) is 0 Å². The van der Waals surface area contributed by atoms with Crippen LogP contribution in [-0.4, -0.2) is 18.1 Å². The van der Waals surface area contributed by atoms with Gasteiger partial charge in [0.05, 0.1) is 0 Å². The second-order valence-corrected chi connectivity index (χ2v) is 3.70. The molecular weight excluding hydrogens is 286 g/mol. The minimum absolute atomic E-state index is 0.210. The standard InChI is InChI=1S/C11H11F4NO.2C2H6/c1-7(16-10(17)11(13,14)15)6-8-2-4-9(12)5-3-8;2*1-2/h2-5,7H,6H2,1H3,(H,16,17);2*1-2H3. The third kappa shape index (κ3) is 9.87. The summed E-state index contributed by atoms with van der Waals surface area (Å²) < 4.78 is 48.4. The zero-order chi connectivity index (χ0) is 17.1. The molecule has 0 saturated carbocycles. The first kappa shape index (κ1) is 21.7.